The van der Waals surface area contributed by atoms with Gasteiger partial charge in [0.2, 0.25) is 0 Å². The van der Waals surface area contributed by atoms with Crippen LogP contribution in [0.25, 0.3) is 0 Å². The monoisotopic (exact) mass is 279 g/mol. The molecule has 4 nitrogen and oxygen atoms in total. The zero-order valence-corrected chi connectivity index (χ0v) is 10.7. The van der Waals surface area contributed by atoms with Crippen LogP contribution in [0, 0.1) is 0 Å². The van der Waals surface area contributed by atoms with Gasteiger partial charge in [-0.1, -0.05) is 6.07 Å². The summed E-state index contributed by atoms with van der Waals surface area (Å²) >= 11 is 0. The Morgan fingerprint density at radius 2 is 1.89 bits per heavy atom. The molecule has 0 aliphatic carbocycles. The van der Waals surface area contributed by atoms with Gasteiger partial charge in [-0.15, -0.1) is 13.2 Å². The molecule has 0 saturated heterocycles. The number of hydrogen-bond donors (Lipinski definition) is 1. The van der Waals surface area contributed by atoms with Crippen molar-refractivity contribution in [2.24, 2.45) is 5.73 Å². The largest absolute Gasteiger partial charge is 0.522 e. The van der Waals surface area contributed by atoms with Gasteiger partial charge in [-0.25, -0.2) is 0 Å². The molecule has 1 aromatic carbocycles. The highest BCUT2D eigenvalue weighted by atomic mass is 19.4. The van der Waals surface area contributed by atoms with E-state index in [4.69, 9.17) is 15.2 Å². The summed E-state index contributed by atoms with van der Waals surface area (Å²) in [4.78, 5) is 0. The second-order valence-corrected chi connectivity index (χ2v) is 3.84. The Morgan fingerprint density at radius 3 is 2.42 bits per heavy atom. The maximum Gasteiger partial charge on any atom is 0.522 e. The summed E-state index contributed by atoms with van der Waals surface area (Å²) in [5.74, 6) is 0.763. The van der Waals surface area contributed by atoms with Gasteiger partial charge in [-0.05, 0) is 24.6 Å². The van der Waals surface area contributed by atoms with Crippen molar-refractivity contribution >= 4 is 0 Å². The molecule has 0 spiro atoms. The Morgan fingerprint density at radius 1 is 1.21 bits per heavy atom. The fraction of sp³-hybridized carbons (Fsp3) is 0.500. The predicted molar refractivity (Wildman–Crippen MR) is 63.1 cm³/mol. The second-order valence-electron chi connectivity index (χ2n) is 3.84. The van der Waals surface area contributed by atoms with Gasteiger partial charge in [0.05, 0.1) is 13.7 Å². The summed E-state index contributed by atoms with van der Waals surface area (Å²) in [5.41, 5.74) is 6.56. The molecule has 1 aromatic rings. The highest BCUT2D eigenvalue weighted by molar-refractivity contribution is 5.43. The molecule has 0 amide bonds. The highest BCUT2D eigenvalue weighted by Crippen LogP contribution is 2.29. The SMILES string of the molecule is COc1cc([C@H](C)N)ccc1OCCOC(F)(F)F. The van der Waals surface area contributed by atoms with Crippen molar-refractivity contribution in [3.8, 4) is 11.5 Å². The predicted octanol–water partition coefficient (Wildman–Crippen LogP) is 2.63. The molecular weight excluding hydrogens is 263 g/mol. The van der Waals surface area contributed by atoms with E-state index in [1.165, 1.54) is 7.11 Å². The number of alkyl halides is 3. The minimum absolute atomic E-state index is 0.170. The van der Waals surface area contributed by atoms with Crippen LogP contribution in [0.1, 0.15) is 18.5 Å². The zero-order chi connectivity index (χ0) is 14.5. The minimum atomic E-state index is -4.65. The molecular formula is C12H16F3NO3. The number of nitrogens with two attached hydrogens (primary N) is 1. The van der Waals surface area contributed by atoms with Gasteiger partial charge in [-0.2, -0.15) is 0 Å². The molecule has 0 aliphatic rings. The Labute approximate surface area is 109 Å². The van der Waals surface area contributed by atoms with E-state index < -0.39 is 13.0 Å². The minimum Gasteiger partial charge on any atom is -0.493 e. The van der Waals surface area contributed by atoms with E-state index in [1.54, 1.807) is 18.2 Å². The molecule has 108 valence electrons. The van der Waals surface area contributed by atoms with Gasteiger partial charge in [0.15, 0.2) is 11.5 Å². The number of methoxy groups -OCH3 is 1. The van der Waals surface area contributed by atoms with Crippen LogP contribution in [0.2, 0.25) is 0 Å². The molecule has 2 N–H and O–H groups in total. The number of benzene rings is 1. The topological polar surface area (TPSA) is 53.7 Å². The molecule has 1 rings (SSSR count). The van der Waals surface area contributed by atoms with E-state index in [9.17, 15) is 13.2 Å². The maximum atomic E-state index is 11.8. The summed E-state index contributed by atoms with van der Waals surface area (Å²) in [6.07, 6.45) is -4.65. The Bertz CT molecular complexity index is 408. The summed E-state index contributed by atoms with van der Waals surface area (Å²) in [5, 5.41) is 0. The van der Waals surface area contributed by atoms with E-state index in [-0.39, 0.29) is 12.6 Å². The molecule has 1 atom stereocenters. The van der Waals surface area contributed by atoms with Gasteiger partial charge < -0.3 is 15.2 Å². The molecule has 0 aromatic heterocycles. The molecule has 0 saturated carbocycles. The molecule has 0 unspecified atom stereocenters. The normalized spacial score (nSPS) is 13.2. The van der Waals surface area contributed by atoms with Gasteiger partial charge >= 0.3 is 6.36 Å². The van der Waals surface area contributed by atoms with Crippen molar-refractivity contribution in [2.75, 3.05) is 20.3 Å². The first-order chi connectivity index (χ1) is 8.83. The molecule has 0 bridgehead atoms. The lowest BCUT2D eigenvalue weighted by molar-refractivity contribution is -0.325. The van der Waals surface area contributed by atoms with E-state index in [1.807, 2.05) is 6.92 Å². The van der Waals surface area contributed by atoms with E-state index in [2.05, 4.69) is 4.74 Å². The standard InChI is InChI=1S/C12H16F3NO3/c1-8(16)9-3-4-10(11(7-9)17-2)18-5-6-19-12(13,14)15/h3-4,7-8H,5-6,16H2,1-2H3/t8-/m0/s1. The van der Waals surface area contributed by atoms with Crippen LogP contribution >= 0.6 is 0 Å². The summed E-state index contributed by atoms with van der Waals surface area (Å²) in [6.45, 7) is 1.00. The third-order valence-electron chi connectivity index (χ3n) is 2.32. The fourth-order valence-corrected chi connectivity index (χ4v) is 1.40. The van der Waals surface area contributed by atoms with Crippen LogP contribution < -0.4 is 15.2 Å². The van der Waals surface area contributed by atoms with Crippen molar-refractivity contribution in [1.82, 2.24) is 0 Å². The smallest absolute Gasteiger partial charge is 0.493 e. The van der Waals surface area contributed by atoms with E-state index in [0.29, 0.717) is 11.5 Å². The maximum absolute atomic E-state index is 11.8. The fourth-order valence-electron chi connectivity index (χ4n) is 1.40. The number of halogens is 3. The molecule has 0 aliphatic heterocycles. The Kier molecular flexibility index (Phi) is 5.44. The molecule has 0 radical (unpaired) electrons. The lowest BCUT2D eigenvalue weighted by atomic mass is 10.1. The van der Waals surface area contributed by atoms with Crippen LogP contribution in [0.3, 0.4) is 0 Å². The number of rotatable bonds is 6. The van der Waals surface area contributed by atoms with Gasteiger partial charge in [0, 0.05) is 6.04 Å². The van der Waals surface area contributed by atoms with Crippen molar-refractivity contribution in [2.45, 2.75) is 19.3 Å². The lowest BCUT2D eigenvalue weighted by Crippen LogP contribution is -2.18. The molecule has 19 heavy (non-hydrogen) atoms. The van der Waals surface area contributed by atoms with E-state index in [0.717, 1.165) is 5.56 Å². The summed E-state index contributed by atoms with van der Waals surface area (Å²) in [6, 6.07) is 4.85. The molecule has 0 fully saturated rings. The van der Waals surface area contributed by atoms with E-state index >= 15 is 0 Å². The first kappa shape index (κ1) is 15.6. The van der Waals surface area contributed by atoms with Crippen LogP contribution in [0.15, 0.2) is 18.2 Å². The second kappa shape index (κ2) is 6.63. The first-order valence-electron chi connectivity index (χ1n) is 5.60. The Balaban J connectivity index is 2.58. The first-order valence-corrected chi connectivity index (χ1v) is 5.60. The van der Waals surface area contributed by atoms with Crippen LogP contribution in [0.4, 0.5) is 13.2 Å². The highest BCUT2D eigenvalue weighted by Gasteiger charge is 2.28. The summed E-state index contributed by atoms with van der Waals surface area (Å²) in [7, 11) is 1.44. The van der Waals surface area contributed by atoms with Gasteiger partial charge in [0.25, 0.3) is 0 Å². The molecule has 0 heterocycles. The number of ether oxygens (including phenoxy) is 3. The zero-order valence-electron chi connectivity index (χ0n) is 10.7. The van der Waals surface area contributed by atoms with Gasteiger partial charge in [-0.3, -0.25) is 4.74 Å². The molecule has 7 heteroatoms. The number of hydrogen-bond acceptors (Lipinski definition) is 4. The van der Waals surface area contributed by atoms with Crippen LogP contribution in [-0.4, -0.2) is 26.7 Å². The van der Waals surface area contributed by atoms with Crippen molar-refractivity contribution in [3.63, 3.8) is 0 Å². The van der Waals surface area contributed by atoms with Crippen molar-refractivity contribution < 1.29 is 27.4 Å². The quantitative estimate of drug-likeness (QED) is 0.813. The third kappa shape index (κ3) is 5.35. The van der Waals surface area contributed by atoms with Crippen molar-refractivity contribution in [3.05, 3.63) is 23.8 Å². The lowest BCUT2D eigenvalue weighted by Gasteiger charge is -2.14. The summed E-state index contributed by atoms with van der Waals surface area (Å²) < 4.78 is 49.1. The Hall–Kier alpha value is -1.47. The van der Waals surface area contributed by atoms with Crippen LogP contribution in [-0.2, 0) is 4.74 Å². The average Bonchev–Trinajstić information content (AvgIpc) is 2.33. The average molecular weight is 279 g/mol. The third-order valence-corrected chi connectivity index (χ3v) is 2.32. The van der Waals surface area contributed by atoms with Crippen LogP contribution in [0.5, 0.6) is 11.5 Å². The van der Waals surface area contributed by atoms with Crippen molar-refractivity contribution in [1.29, 1.82) is 0 Å². The van der Waals surface area contributed by atoms with Gasteiger partial charge in [0.1, 0.15) is 6.61 Å².